The first-order valence-corrected chi connectivity index (χ1v) is 6.56. The van der Waals surface area contributed by atoms with E-state index in [0.717, 1.165) is 17.0 Å². The van der Waals surface area contributed by atoms with Gasteiger partial charge in [-0.25, -0.2) is 0 Å². The lowest BCUT2D eigenvalue weighted by atomic mass is 10.0. The van der Waals surface area contributed by atoms with Crippen LogP contribution in [-0.4, -0.2) is 30.9 Å². The van der Waals surface area contributed by atoms with E-state index in [1.807, 2.05) is 31.2 Å². The zero-order valence-electron chi connectivity index (χ0n) is 11.4. The van der Waals surface area contributed by atoms with E-state index in [-0.39, 0.29) is 18.0 Å². The van der Waals surface area contributed by atoms with Crippen molar-refractivity contribution >= 4 is 17.5 Å². The molecule has 1 aromatic rings. The lowest BCUT2D eigenvalue weighted by Crippen LogP contribution is -2.43. The first-order valence-electron chi connectivity index (χ1n) is 6.18. The summed E-state index contributed by atoms with van der Waals surface area (Å²) in [5, 5.41) is 4.06. The number of carbonyl (C=O) groups excluding carboxylic acids is 1. The van der Waals surface area contributed by atoms with Crippen LogP contribution in [0.2, 0.25) is 5.02 Å². The Balaban J connectivity index is 2.76. The fraction of sp³-hybridized carbons (Fsp3) is 0.500. The van der Waals surface area contributed by atoms with Gasteiger partial charge in [0.1, 0.15) is 0 Å². The largest absolute Gasteiger partial charge is 0.347 e. The Morgan fingerprint density at radius 1 is 1.44 bits per heavy atom. The summed E-state index contributed by atoms with van der Waals surface area (Å²) in [4.78, 5) is 13.4. The standard InChI is InChI=1S/C14H21ClN2O/c1-5-13(11-7-6-8-12(15)9-11)16-10(2)14(18)17(3)4/h6-10,13,16H,5H2,1-4H3. The molecule has 1 aromatic carbocycles. The maximum absolute atomic E-state index is 11.8. The summed E-state index contributed by atoms with van der Waals surface area (Å²) in [6, 6.07) is 7.69. The van der Waals surface area contributed by atoms with Crippen molar-refractivity contribution in [3.05, 3.63) is 34.9 Å². The van der Waals surface area contributed by atoms with E-state index in [2.05, 4.69) is 12.2 Å². The molecule has 0 heterocycles. The van der Waals surface area contributed by atoms with Gasteiger partial charge in [-0.3, -0.25) is 10.1 Å². The van der Waals surface area contributed by atoms with Gasteiger partial charge in [0.2, 0.25) is 5.91 Å². The van der Waals surface area contributed by atoms with Crippen molar-refractivity contribution in [2.75, 3.05) is 14.1 Å². The highest BCUT2D eigenvalue weighted by Crippen LogP contribution is 2.20. The summed E-state index contributed by atoms with van der Waals surface area (Å²) in [6.45, 7) is 3.97. The van der Waals surface area contributed by atoms with Gasteiger partial charge in [0, 0.05) is 25.2 Å². The number of likely N-dealkylation sites (N-methyl/N-ethyl adjacent to an activating group) is 1. The van der Waals surface area contributed by atoms with Crippen molar-refractivity contribution < 1.29 is 4.79 Å². The molecule has 100 valence electrons. The molecule has 0 aliphatic rings. The zero-order valence-corrected chi connectivity index (χ0v) is 12.2. The molecule has 4 heteroatoms. The molecule has 3 nitrogen and oxygen atoms in total. The van der Waals surface area contributed by atoms with E-state index >= 15 is 0 Å². The predicted octanol–water partition coefficient (Wildman–Crippen LogP) is 2.86. The number of halogens is 1. The average Bonchev–Trinajstić information content (AvgIpc) is 2.34. The van der Waals surface area contributed by atoms with E-state index in [4.69, 9.17) is 11.6 Å². The Bertz CT molecular complexity index is 407. The minimum absolute atomic E-state index is 0.0791. The van der Waals surface area contributed by atoms with Gasteiger partial charge in [-0.15, -0.1) is 0 Å². The van der Waals surface area contributed by atoms with Gasteiger partial charge in [-0.05, 0) is 31.0 Å². The fourth-order valence-electron chi connectivity index (χ4n) is 1.93. The molecule has 2 unspecified atom stereocenters. The molecule has 1 N–H and O–H groups in total. The van der Waals surface area contributed by atoms with E-state index in [9.17, 15) is 4.79 Å². The summed E-state index contributed by atoms with van der Waals surface area (Å²) in [6.07, 6.45) is 0.908. The first-order chi connectivity index (χ1) is 8.45. The van der Waals surface area contributed by atoms with Crippen LogP contribution in [0.5, 0.6) is 0 Å². The molecule has 0 aliphatic carbocycles. The SMILES string of the molecule is CCC(NC(C)C(=O)N(C)C)c1cccc(Cl)c1. The molecule has 0 spiro atoms. The van der Waals surface area contributed by atoms with Crippen LogP contribution in [0, 0.1) is 0 Å². The van der Waals surface area contributed by atoms with E-state index < -0.39 is 0 Å². The van der Waals surface area contributed by atoms with Gasteiger partial charge in [0.15, 0.2) is 0 Å². The number of benzene rings is 1. The highest BCUT2D eigenvalue weighted by Gasteiger charge is 2.19. The predicted molar refractivity (Wildman–Crippen MR) is 75.8 cm³/mol. The molecule has 0 radical (unpaired) electrons. The van der Waals surface area contributed by atoms with Crippen LogP contribution in [0.4, 0.5) is 0 Å². The minimum Gasteiger partial charge on any atom is -0.347 e. The van der Waals surface area contributed by atoms with E-state index in [0.29, 0.717) is 0 Å². The molecule has 2 atom stereocenters. The molecule has 1 amide bonds. The Hall–Kier alpha value is -1.06. The second kappa shape index (κ2) is 6.76. The molecule has 0 saturated carbocycles. The normalized spacial score (nSPS) is 14.1. The summed E-state index contributed by atoms with van der Waals surface area (Å²) in [5.41, 5.74) is 1.11. The van der Waals surface area contributed by atoms with Gasteiger partial charge in [0.05, 0.1) is 6.04 Å². The smallest absolute Gasteiger partial charge is 0.238 e. The van der Waals surface area contributed by atoms with Gasteiger partial charge in [-0.1, -0.05) is 30.7 Å². The fourth-order valence-corrected chi connectivity index (χ4v) is 2.13. The van der Waals surface area contributed by atoms with Gasteiger partial charge >= 0.3 is 0 Å². The quantitative estimate of drug-likeness (QED) is 0.891. The number of carbonyl (C=O) groups is 1. The van der Waals surface area contributed by atoms with Gasteiger partial charge < -0.3 is 4.90 Å². The molecule has 0 aromatic heterocycles. The lowest BCUT2D eigenvalue weighted by Gasteiger charge is -2.24. The lowest BCUT2D eigenvalue weighted by molar-refractivity contribution is -0.130. The van der Waals surface area contributed by atoms with E-state index in [1.54, 1.807) is 19.0 Å². The molecule has 0 aliphatic heterocycles. The van der Waals surface area contributed by atoms with E-state index in [1.165, 1.54) is 0 Å². The third-order valence-electron chi connectivity index (χ3n) is 2.92. The summed E-state index contributed by atoms with van der Waals surface area (Å²) >= 11 is 5.99. The molecular formula is C14H21ClN2O. The van der Waals surface area contributed by atoms with Crippen molar-refractivity contribution in [3.63, 3.8) is 0 Å². The molecule has 0 saturated heterocycles. The topological polar surface area (TPSA) is 32.3 Å². The highest BCUT2D eigenvalue weighted by molar-refractivity contribution is 6.30. The Morgan fingerprint density at radius 3 is 2.61 bits per heavy atom. The molecule has 0 bridgehead atoms. The number of rotatable bonds is 5. The molecule has 1 rings (SSSR count). The van der Waals surface area contributed by atoms with Crippen LogP contribution in [0.3, 0.4) is 0 Å². The summed E-state index contributed by atoms with van der Waals surface area (Å²) < 4.78 is 0. The molecular weight excluding hydrogens is 248 g/mol. The number of hydrogen-bond donors (Lipinski definition) is 1. The van der Waals surface area contributed by atoms with Crippen LogP contribution in [0.25, 0.3) is 0 Å². The summed E-state index contributed by atoms with van der Waals surface area (Å²) in [5.74, 6) is 0.0791. The third kappa shape index (κ3) is 4.00. The van der Waals surface area contributed by atoms with Crippen LogP contribution in [0.15, 0.2) is 24.3 Å². The van der Waals surface area contributed by atoms with Gasteiger partial charge in [0.25, 0.3) is 0 Å². The maximum Gasteiger partial charge on any atom is 0.238 e. The number of nitrogens with zero attached hydrogens (tertiary/aromatic N) is 1. The Morgan fingerprint density at radius 2 is 2.11 bits per heavy atom. The minimum atomic E-state index is -0.205. The monoisotopic (exact) mass is 268 g/mol. The van der Waals surface area contributed by atoms with Crippen molar-refractivity contribution in [2.24, 2.45) is 0 Å². The third-order valence-corrected chi connectivity index (χ3v) is 3.16. The van der Waals surface area contributed by atoms with Crippen molar-refractivity contribution in [2.45, 2.75) is 32.4 Å². The van der Waals surface area contributed by atoms with Crippen LogP contribution in [-0.2, 0) is 4.79 Å². The van der Waals surface area contributed by atoms with Crippen LogP contribution < -0.4 is 5.32 Å². The van der Waals surface area contributed by atoms with Crippen molar-refractivity contribution in [3.8, 4) is 0 Å². The van der Waals surface area contributed by atoms with Crippen LogP contribution in [0.1, 0.15) is 31.9 Å². The maximum atomic E-state index is 11.8. The Labute approximate surface area is 114 Å². The number of amides is 1. The Kier molecular flexibility index (Phi) is 5.63. The molecule has 18 heavy (non-hydrogen) atoms. The van der Waals surface area contributed by atoms with Gasteiger partial charge in [-0.2, -0.15) is 0 Å². The van der Waals surface area contributed by atoms with Crippen molar-refractivity contribution in [1.82, 2.24) is 10.2 Å². The number of nitrogens with one attached hydrogen (secondary N) is 1. The molecule has 0 fully saturated rings. The number of hydrogen-bond acceptors (Lipinski definition) is 2. The average molecular weight is 269 g/mol. The van der Waals surface area contributed by atoms with Crippen molar-refractivity contribution in [1.29, 1.82) is 0 Å². The summed E-state index contributed by atoms with van der Waals surface area (Å²) in [7, 11) is 3.53. The zero-order chi connectivity index (χ0) is 13.7. The first kappa shape index (κ1) is 15.0. The second-order valence-electron chi connectivity index (χ2n) is 4.64. The second-order valence-corrected chi connectivity index (χ2v) is 5.07. The highest BCUT2D eigenvalue weighted by atomic mass is 35.5. The van der Waals surface area contributed by atoms with Crippen LogP contribution >= 0.6 is 11.6 Å².